The second kappa shape index (κ2) is 9.43. The number of ether oxygens (including phenoxy) is 2. The third kappa shape index (κ3) is 5.06. The standard InChI is InChI=1S/C23H22N6O5S/c1-14-15(2)29(13-27-14)21-11-22(26-12-25-21)34-17-6-4-16(5-7-17)28-35(31,32)18-8-9-20(33-3)19(10-18)23(24)30/h4-13,28H,1-3H3,(H2,24,30). The number of rotatable bonds is 8. The summed E-state index contributed by atoms with van der Waals surface area (Å²) in [6.07, 6.45) is 3.06. The molecule has 0 aliphatic carbocycles. The molecule has 2 heterocycles. The molecular weight excluding hydrogens is 472 g/mol. The molecule has 11 nitrogen and oxygen atoms in total. The van der Waals surface area contributed by atoms with E-state index in [9.17, 15) is 13.2 Å². The number of benzene rings is 2. The van der Waals surface area contributed by atoms with Crippen molar-refractivity contribution in [3.05, 3.63) is 78.1 Å². The number of aryl methyl sites for hydroxylation is 1. The number of methoxy groups -OCH3 is 1. The summed E-state index contributed by atoms with van der Waals surface area (Å²) in [4.78, 5) is 24.1. The third-order valence-corrected chi connectivity index (χ3v) is 6.58. The smallest absolute Gasteiger partial charge is 0.261 e. The Labute approximate surface area is 201 Å². The van der Waals surface area contributed by atoms with Crippen LogP contribution in [0, 0.1) is 13.8 Å². The van der Waals surface area contributed by atoms with E-state index in [2.05, 4.69) is 19.7 Å². The zero-order valence-electron chi connectivity index (χ0n) is 19.1. The fourth-order valence-electron chi connectivity index (χ4n) is 3.22. The van der Waals surface area contributed by atoms with Crippen LogP contribution in [0.15, 0.2) is 66.1 Å². The van der Waals surface area contributed by atoms with E-state index in [-0.39, 0.29) is 16.2 Å². The summed E-state index contributed by atoms with van der Waals surface area (Å²) in [5.74, 6) is 0.742. The Hall–Kier alpha value is -4.45. The number of carbonyl (C=O) groups excluding carboxylic acids is 1. The van der Waals surface area contributed by atoms with Crippen LogP contribution in [0.3, 0.4) is 0 Å². The van der Waals surface area contributed by atoms with E-state index in [1.165, 1.54) is 37.7 Å². The Balaban J connectivity index is 1.50. The number of anilines is 1. The number of imidazole rings is 1. The molecule has 0 fully saturated rings. The molecule has 12 heteroatoms. The first-order valence-corrected chi connectivity index (χ1v) is 11.8. The van der Waals surface area contributed by atoms with Gasteiger partial charge in [0.15, 0.2) is 0 Å². The second-order valence-electron chi connectivity index (χ2n) is 7.46. The number of primary amides is 1. The molecular formula is C23H22N6O5S. The number of nitrogens with two attached hydrogens (primary N) is 1. The number of hydrogen-bond acceptors (Lipinski definition) is 8. The van der Waals surface area contributed by atoms with Gasteiger partial charge in [0.05, 0.1) is 23.3 Å². The van der Waals surface area contributed by atoms with Crippen LogP contribution in [0.25, 0.3) is 5.82 Å². The van der Waals surface area contributed by atoms with E-state index >= 15 is 0 Å². The first-order chi connectivity index (χ1) is 16.7. The minimum atomic E-state index is -3.99. The number of aromatic nitrogens is 4. The molecule has 0 radical (unpaired) electrons. The van der Waals surface area contributed by atoms with E-state index in [0.29, 0.717) is 23.1 Å². The average Bonchev–Trinajstić information content (AvgIpc) is 3.18. The average molecular weight is 495 g/mol. The molecule has 0 saturated heterocycles. The molecule has 0 saturated carbocycles. The maximum atomic E-state index is 12.8. The van der Waals surface area contributed by atoms with Gasteiger partial charge in [0.1, 0.15) is 30.0 Å². The maximum absolute atomic E-state index is 12.8. The lowest BCUT2D eigenvalue weighted by Crippen LogP contribution is -2.16. The highest BCUT2D eigenvalue weighted by Gasteiger charge is 2.19. The Morgan fingerprint density at radius 1 is 1.03 bits per heavy atom. The zero-order valence-corrected chi connectivity index (χ0v) is 19.9. The van der Waals surface area contributed by atoms with Gasteiger partial charge >= 0.3 is 0 Å². The topological polar surface area (TPSA) is 151 Å². The van der Waals surface area contributed by atoms with Crippen molar-refractivity contribution in [3.63, 3.8) is 0 Å². The predicted molar refractivity (Wildman–Crippen MR) is 127 cm³/mol. The van der Waals surface area contributed by atoms with E-state index in [4.69, 9.17) is 15.2 Å². The zero-order chi connectivity index (χ0) is 25.2. The van der Waals surface area contributed by atoms with E-state index in [1.807, 2.05) is 18.4 Å². The fourth-order valence-corrected chi connectivity index (χ4v) is 4.30. The molecule has 2 aromatic heterocycles. The number of sulfonamides is 1. The number of hydrogen-bond donors (Lipinski definition) is 2. The van der Waals surface area contributed by atoms with Crippen LogP contribution in [0.1, 0.15) is 21.7 Å². The Morgan fingerprint density at radius 2 is 1.77 bits per heavy atom. The number of carbonyl (C=O) groups is 1. The van der Waals surface area contributed by atoms with Crippen LogP contribution in [-0.4, -0.2) is 41.0 Å². The SMILES string of the molecule is COc1ccc(S(=O)(=O)Nc2ccc(Oc3cc(-n4cnc(C)c4C)ncn3)cc2)cc1C(N)=O. The van der Waals surface area contributed by atoms with Crippen LogP contribution in [0.5, 0.6) is 17.4 Å². The predicted octanol–water partition coefficient (Wildman–Crippen LogP) is 2.98. The number of nitrogens with one attached hydrogen (secondary N) is 1. The lowest BCUT2D eigenvalue weighted by atomic mass is 10.2. The molecule has 0 aliphatic rings. The van der Waals surface area contributed by atoms with Gasteiger partial charge in [-0.3, -0.25) is 14.1 Å². The minimum Gasteiger partial charge on any atom is -0.496 e. The van der Waals surface area contributed by atoms with E-state index < -0.39 is 15.9 Å². The summed E-state index contributed by atoms with van der Waals surface area (Å²) in [7, 11) is -2.63. The fraction of sp³-hybridized carbons (Fsp3) is 0.130. The Bertz CT molecular complexity index is 1500. The second-order valence-corrected chi connectivity index (χ2v) is 9.14. The molecule has 2 aromatic carbocycles. The first-order valence-electron chi connectivity index (χ1n) is 10.3. The van der Waals surface area contributed by atoms with E-state index in [0.717, 1.165) is 17.5 Å². The summed E-state index contributed by atoms with van der Waals surface area (Å²) in [5, 5.41) is 0. The highest BCUT2D eigenvalue weighted by Crippen LogP contribution is 2.26. The highest BCUT2D eigenvalue weighted by molar-refractivity contribution is 7.92. The Morgan fingerprint density at radius 3 is 2.40 bits per heavy atom. The number of amides is 1. The van der Waals surface area contributed by atoms with Crippen molar-refractivity contribution in [3.8, 4) is 23.2 Å². The van der Waals surface area contributed by atoms with Gasteiger partial charge in [0.25, 0.3) is 15.9 Å². The molecule has 1 amide bonds. The lowest BCUT2D eigenvalue weighted by molar-refractivity contribution is 0.0997. The van der Waals surface area contributed by atoms with Crippen molar-refractivity contribution in [2.75, 3.05) is 11.8 Å². The van der Waals surface area contributed by atoms with Crippen molar-refractivity contribution in [2.45, 2.75) is 18.7 Å². The third-order valence-electron chi connectivity index (χ3n) is 5.20. The van der Waals surface area contributed by atoms with Crippen LogP contribution >= 0.6 is 0 Å². The molecule has 180 valence electrons. The molecule has 0 atom stereocenters. The van der Waals surface area contributed by atoms with Gasteiger partial charge in [-0.15, -0.1) is 0 Å². The summed E-state index contributed by atoms with van der Waals surface area (Å²) in [6.45, 7) is 3.84. The van der Waals surface area contributed by atoms with Gasteiger partial charge in [-0.25, -0.2) is 23.4 Å². The van der Waals surface area contributed by atoms with Crippen molar-refractivity contribution in [2.24, 2.45) is 5.73 Å². The van der Waals surface area contributed by atoms with Crippen molar-refractivity contribution in [1.82, 2.24) is 19.5 Å². The molecule has 0 unspecified atom stereocenters. The normalized spacial score (nSPS) is 11.2. The molecule has 0 spiro atoms. The van der Waals surface area contributed by atoms with Crippen molar-refractivity contribution in [1.29, 1.82) is 0 Å². The van der Waals surface area contributed by atoms with Gasteiger partial charge in [-0.1, -0.05) is 0 Å². The summed E-state index contributed by atoms with van der Waals surface area (Å²) >= 11 is 0. The summed E-state index contributed by atoms with van der Waals surface area (Å²) in [6, 6.07) is 11.8. The number of nitrogens with zero attached hydrogens (tertiary/aromatic N) is 4. The monoisotopic (exact) mass is 494 g/mol. The molecule has 0 aliphatic heterocycles. The van der Waals surface area contributed by atoms with Gasteiger partial charge in [-0.05, 0) is 56.3 Å². The molecule has 4 aromatic rings. The van der Waals surface area contributed by atoms with Gasteiger partial charge in [0.2, 0.25) is 5.88 Å². The van der Waals surface area contributed by atoms with Crippen molar-refractivity contribution < 1.29 is 22.7 Å². The van der Waals surface area contributed by atoms with Gasteiger partial charge in [0, 0.05) is 17.4 Å². The molecule has 0 bridgehead atoms. The van der Waals surface area contributed by atoms with Crippen LogP contribution in [0.4, 0.5) is 5.69 Å². The highest BCUT2D eigenvalue weighted by atomic mass is 32.2. The Kier molecular flexibility index (Phi) is 6.38. The molecule has 35 heavy (non-hydrogen) atoms. The van der Waals surface area contributed by atoms with Gasteiger partial charge in [-0.2, -0.15) is 0 Å². The van der Waals surface area contributed by atoms with Crippen LogP contribution in [0.2, 0.25) is 0 Å². The van der Waals surface area contributed by atoms with Gasteiger partial charge < -0.3 is 15.2 Å². The maximum Gasteiger partial charge on any atom is 0.261 e. The summed E-state index contributed by atoms with van der Waals surface area (Å²) in [5.41, 5.74) is 7.42. The quantitative estimate of drug-likeness (QED) is 0.379. The largest absolute Gasteiger partial charge is 0.496 e. The van der Waals surface area contributed by atoms with Crippen LogP contribution < -0.4 is 19.9 Å². The van der Waals surface area contributed by atoms with Crippen molar-refractivity contribution >= 4 is 21.6 Å². The lowest BCUT2D eigenvalue weighted by Gasteiger charge is -2.12. The molecule has 4 rings (SSSR count). The van der Waals surface area contributed by atoms with Crippen LogP contribution in [-0.2, 0) is 10.0 Å². The summed E-state index contributed by atoms with van der Waals surface area (Å²) < 4.78 is 40.7. The van der Waals surface area contributed by atoms with E-state index in [1.54, 1.807) is 24.5 Å². The first kappa shape index (κ1) is 23.7. The molecule has 3 N–H and O–H groups in total. The minimum absolute atomic E-state index is 0.0376.